The Labute approximate surface area is 257 Å². The molecule has 9 nitrogen and oxygen atoms in total. The fourth-order valence-electron chi connectivity index (χ4n) is 5.08. The third-order valence-electron chi connectivity index (χ3n) is 7.40. The van der Waals surface area contributed by atoms with Gasteiger partial charge in [0.25, 0.3) is 6.04 Å². The molecule has 0 saturated carbocycles. The van der Waals surface area contributed by atoms with Gasteiger partial charge in [0.05, 0.1) is 40.1 Å². The van der Waals surface area contributed by atoms with E-state index in [0.29, 0.717) is 12.4 Å². The van der Waals surface area contributed by atoms with Crippen molar-refractivity contribution in [3.63, 3.8) is 0 Å². The zero-order valence-corrected chi connectivity index (χ0v) is 24.6. The first-order chi connectivity index (χ1) is 21.6. The largest absolute Gasteiger partial charge is 0.497 e. The van der Waals surface area contributed by atoms with Crippen molar-refractivity contribution in [1.82, 2.24) is 0 Å². The highest BCUT2D eigenvalue weighted by molar-refractivity contribution is 5.26. The van der Waals surface area contributed by atoms with Gasteiger partial charge in [-0.3, -0.25) is 10.1 Å². The van der Waals surface area contributed by atoms with Gasteiger partial charge in [0.2, 0.25) is 6.29 Å². The van der Waals surface area contributed by atoms with Crippen LogP contribution in [0.3, 0.4) is 0 Å². The Hall–Kier alpha value is -4.12. The minimum absolute atomic E-state index is 0.0948. The molecule has 1 heterocycles. The molecule has 0 radical (unpaired) electrons. The first-order valence-corrected chi connectivity index (χ1v) is 14.6. The summed E-state index contributed by atoms with van der Waals surface area (Å²) in [6.45, 7) is 0.933. The molecule has 5 rings (SSSR count). The molecular weight excluding hydrogens is 562 g/mol. The summed E-state index contributed by atoms with van der Waals surface area (Å²) >= 11 is 0. The van der Waals surface area contributed by atoms with Crippen LogP contribution < -0.4 is 4.74 Å². The maximum Gasteiger partial charge on any atom is 0.291 e. The van der Waals surface area contributed by atoms with Crippen molar-refractivity contribution in [3.05, 3.63) is 148 Å². The molecule has 1 aliphatic rings. The number of ether oxygens (including phenoxy) is 6. The molecule has 230 valence electrons. The highest BCUT2D eigenvalue weighted by Crippen LogP contribution is 2.31. The number of hydrogen-bond donors (Lipinski definition) is 0. The van der Waals surface area contributed by atoms with Crippen LogP contribution in [-0.2, 0) is 50.1 Å². The van der Waals surface area contributed by atoms with Crippen molar-refractivity contribution >= 4 is 0 Å². The number of benzene rings is 4. The molecule has 1 saturated heterocycles. The fourth-order valence-corrected chi connectivity index (χ4v) is 5.08. The quantitative estimate of drug-likeness (QED) is 0.122. The highest BCUT2D eigenvalue weighted by atomic mass is 16.7. The van der Waals surface area contributed by atoms with Crippen LogP contribution in [0.4, 0.5) is 0 Å². The summed E-state index contributed by atoms with van der Waals surface area (Å²) in [5, 5.41) is 12.7. The summed E-state index contributed by atoms with van der Waals surface area (Å²) in [6.07, 6.45) is -3.73. The molecule has 44 heavy (non-hydrogen) atoms. The Bertz CT molecular complexity index is 1410. The molecule has 1 fully saturated rings. The van der Waals surface area contributed by atoms with Gasteiger partial charge >= 0.3 is 0 Å². The van der Waals surface area contributed by atoms with Crippen LogP contribution in [0.1, 0.15) is 22.3 Å². The van der Waals surface area contributed by atoms with Gasteiger partial charge in [-0.05, 0) is 34.4 Å². The Kier molecular flexibility index (Phi) is 11.5. The zero-order valence-electron chi connectivity index (χ0n) is 24.6. The number of methoxy groups -OCH3 is 1. The van der Waals surface area contributed by atoms with Crippen LogP contribution in [0.2, 0.25) is 0 Å². The molecule has 0 amide bonds. The monoisotopic (exact) mass is 599 g/mol. The SMILES string of the molecule is COc1ccc(COC2O[C@H](COCc3ccccc3)[C@H](OCc3ccccc3)[C@H](OCc3ccccc3)[C@H]2[N+](=O)[O-])cc1. The van der Waals surface area contributed by atoms with E-state index in [0.717, 1.165) is 22.3 Å². The van der Waals surface area contributed by atoms with Crippen LogP contribution >= 0.6 is 0 Å². The van der Waals surface area contributed by atoms with Gasteiger partial charge in [0.15, 0.2) is 6.10 Å². The lowest BCUT2D eigenvalue weighted by atomic mass is 9.96. The van der Waals surface area contributed by atoms with E-state index in [1.807, 2.05) is 115 Å². The lowest BCUT2D eigenvalue weighted by Gasteiger charge is -2.42. The maximum atomic E-state index is 12.7. The minimum atomic E-state index is -1.36. The second-order valence-electron chi connectivity index (χ2n) is 10.5. The van der Waals surface area contributed by atoms with E-state index in [-0.39, 0.29) is 26.4 Å². The molecule has 0 N–H and O–H groups in total. The van der Waals surface area contributed by atoms with Crippen molar-refractivity contribution in [3.8, 4) is 5.75 Å². The van der Waals surface area contributed by atoms with Gasteiger partial charge in [0.1, 0.15) is 18.0 Å². The Morgan fingerprint density at radius 2 is 1.11 bits per heavy atom. The lowest BCUT2D eigenvalue weighted by Crippen LogP contribution is -2.63. The summed E-state index contributed by atoms with van der Waals surface area (Å²) in [5.74, 6) is 0.703. The highest BCUT2D eigenvalue weighted by Gasteiger charge is 2.55. The topological polar surface area (TPSA) is 98.5 Å². The van der Waals surface area contributed by atoms with Crippen molar-refractivity contribution in [2.75, 3.05) is 13.7 Å². The summed E-state index contributed by atoms with van der Waals surface area (Å²) < 4.78 is 36.5. The van der Waals surface area contributed by atoms with Crippen LogP contribution in [0.25, 0.3) is 0 Å². The summed E-state index contributed by atoms with van der Waals surface area (Å²) in [5.41, 5.74) is 3.62. The van der Waals surface area contributed by atoms with Gasteiger partial charge in [-0.25, -0.2) is 0 Å². The van der Waals surface area contributed by atoms with Gasteiger partial charge in [-0.2, -0.15) is 0 Å². The van der Waals surface area contributed by atoms with E-state index < -0.39 is 35.6 Å². The molecule has 0 aliphatic carbocycles. The molecule has 1 aliphatic heterocycles. The third-order valence-corrected chi connectivity index (χ3v) is 7.40. The predicted octanol–water partition coefficient (Wildman–Crippen LogP) is 5.97. The molecule has 5 atom stereocenters. The molecular formula is C35H37NO8. The minimum Gasteiger partial charge on any atom is -0.497 e. The standard InChI is InChI=1S/C35H37NO8/c1-39-30-19-17-29(18-20-30)24-43-35-32(36(37)38)34(42-23-28-15-9-4-10-16-28)33(41-22-27-13-7-3-8-14-27)31(44-35)25-40-21-26-11-5-2-6-12-26/h2-20,31-35H,21-25H2,1H3/t31-,32-,33+,34-,35?/m1/s1. The smallest absolute Gasteiger partial charge is 0.291 e. The van der Waals surface area contributed by atoms with Crippen LogP contribution in [0.15, 0.2) is 115 Å². The fraction of sp³-hybridized carbons (Fsp3) is 0.314. The number of rotatable bonds is 15. The normalized spacial score (nSPS) is 21.5. The van der Waals surface area contributed by atoms with Crippen molar-refractivity contribution in [2.24, 2.45) is 0 Å². The van der Waals surface area contributed by atoms with Crippen LogP contribution in [0, 0.1) is 10.1 Å². The van der Waals surface area contributed by atoms with E-state index in [1.165, 1.54) is 0 Å². The summed E-state index contributed by atoms with van der Waals surface area (Å²) in [7, 11) is 1.59. The second-order valence-corrected chi connectivity index (χ2v) is 10.5. The van der Waals surface area contributed by atoms with E-state index in [1.54, 1.807) is 7.11 Å². The summed E-state index contributed by atoms with van der Waals surface area (Å²) in [4.78, 5) is 12.3. The van der Waals surface area contributed by atoms with Crippen molar-refractivity contribution in [2.45, 2.75) is 57.1 Å². The first-order valence-electron chi connectivity index (χ1n) is 14.6. The maximum absolute atomic E-state index is 12.7. The van der Waals surface area contributed by atoms with E-state index in [4.69, 9.17) is 28.4 Å². The molecule has 1 unspecified atom stereocenters. The molecule has 0 bridgehead atoms. The number of hydrogen-bond acceptors (Lipinski definition) is 8. The Morgan fingerprint density at radius 3 is 1.64 bits per heavy atom. The van der Waals surface area contributed by atoms with E-state index in [9.17, 15) is 10.1 Å². The van der Waals surface area contributed by atoms with Gasteiger partial charge in [-0.15, -0.1) is 0 Å². The van der Waals surface area contributed by atoms with Gasteiger partial charge < -0.3 is 28.4 Å². The average Bonchev–Trinajstić information content (AvgIpc) is 3.07. The summed E-state index contributed by atoms with van der Waals surface area (Å²) in [6, 6.07) is 34.9. The molecule has 0 spiro atoms. The molecule has 4 aromatic carbocycles. The van der Waals surface area contributed by atoms with Crippen LogP contribution in [-0.4, -0.2) is 49.3 Å². The average molecular weight is 600 g/mol. The predicted molar refractivity (Wildman–Crippen MR) is 163 cm³/mol. The molecule has 9 heteroatoms. The Balaban J connectivity index is 1.40. The van der Waals surface area contributed by atoms with Gasteiger partial charge in [0, 0.05) is 4.92 Å². The Morgan fingerprint density at radius 1 is 0.636 bits per heavy atom. The van der Waals surface area contributed by atoms with Crippen molar-refractivity contribution < 1.29 is 33.3 Å². The van der Waals surface area contributed by atoms with Crippen molar-refractivity contribution in [1.29, 1.82) is 0 Å². The van der Waals surface area contributed by atoms with E-state index in [2.05, 4.69) is 0 Å². The number of nitrogens with zero attached hydrogens (tertiary/aromatic N) is 1. The molecule has 4 aromatic rings. The zero-order chi connectivity index (χ0) is 30.6. The van der Waals surface area contributed by atoms with E-state index >= 15 is 0 Å². The number of nitro groups is 1. The lowest BCUT2D eigenvalue weighted by molar-refractivity contribution is -0.577. The third kappa shape index (κ3) is 8.72. The first kappa shape index (κ1) is 31.3. The molecule has 0 aromatic heterocycles. The van der Waals surface area contributed by atoms with Gasteiger partial charge in [-0.1, -0.05) is 103 Å². The van der Waals surface area contributed by atoms with Crippen LogP contribution in [0.5, 0.6) is 5.75 Å². The second kappa shape index (κ2) is 16.1.